The zero-order chi connectivity index (χ0) is 49.7. The number of unbranched alkanes of at least 4 members (excludes halogenated alkanes) is 8. The first-order chi connectivity index (χ1) is 31.4. The molecular formula is C45H78F6N2O13. The summed E-state index contributed by atoms with van der Waals surface area (Å²) in [6, 6.07) is -2.82. The van der Waals surface area contributed by atoms with Crippen LogP contribution >= 0.6 is 0 Å². The molecule has 388 valence electrons. The van der Waals surface area contributed by atoms with Crippen LogP contribution in [0.2, 0.25) is 0 Å². The molecule has 2 amide bonds. The van der Waals surface area contributed by atoms with Crippen LogP contribution in [0.4, 0.5) is 26.3 Å². The highest BCUT2D eigenvalue weighted by Gasteiger charge is 2.51. The Balaban J connectivity index is 0.000000660. The predicted molar refractivity (Wildman–Crippen MR) is 232 cm³/mol. The SMILES string of the molecule is C=CCOC1OC(CC)C(O)C(OCCC(CCCCCCC)OC)C1NC(=O)C(F)(F)F.C=CCOC1OC(CO)C(O)C(OCCC(CCCCCCC)OC)C1NC(=O)C(F)(F)F. The molecule has 0 bridgehead atoms. The van der Waals surface area contributed by atoms with Crippen LogP contribution < -0.4 is 10.6 Å². The molecule has 2 fully saturated rings. The fourth-order valence-electron chi connectivity index (χ4n) is 7.49. The summed E-state index contributed by atoms with van der Waals surface area (Å²) >= 11 is 0. The van der Waals surface area contributed by atoms with Gasteiger partial charge in [0.15, 0.2) is 12.6 Å². The van der Waals surface area contributed by atoms with Gasteiger partial charge in [-0.3, -0.25) is 9.59 Å². The van der Waals surface area contributed by atoms with Gasteiger partial charge in [-0.15, -0.1) is 13.2 Å². The van der Waals surface area contributed by atoms with Crippen LogP contribution in [0.5, 0.6) is 0 Å². The number of carbonyl (C=O) groups is 2. The van der Waals surface area contributed by atoms with Gasteiger partial charge in [-0.05, 0) is 32.1 Å². The molecule has 0 aromatic rings. The summed E-state index contributed by atoms with van der Waals surface area (Å²) < 4.78 is 122. The maximum Gasteiger partial charge on any atom is 0.471 e. The lowest BCUT2D eigenvalue weighted by molar-refractivity contribution is -0.276. The fourth-order valence-corrected chi connectivity index (χ4v) is 7.49. The Morgan fingerprint density at radius 1 is 0.621 bits per heavy atom. The highest BCUT2D eigenvalue weighted by Crippen LogP contribution is 2.29. The minimum Gasteiger partial charge on any atom is -0.394 e. The molecule has 2 saturated heterocycles. The maximum absolute atomic E-state index is 12.9. The molecule has 2 aliphatic heterocycles. The zero-order valence-corrected chi connectivity index (χ0v) is 39.3. The molecule has 0 saturated carbocycles. The van der Waals surface area contributed by atoms with Crippen molar-refractivity contribution in [1.29, 1.82) is 0 Å². The predicted octanol–water partition coefficient (Wildman–Crippen LogP) is 6.35. The van der Waals surface area contributed by atoms with E-state index in [0.717, 1.165) is 57.8 Å². The standard InChI is InChI=1S/C23H40F3NO6.C22H38F3NO7/c1-5-8-9-10-11-12-16(30-4)13-15-31-20-18(27-22(29)23(24,25)26)21(32-14-6-2)33-17(7-3)19(20)28;1-4-6-7-8-9-10-15(30-3)11-13-31-19-17(26-21(29)22(23,24)25)20(32-12-5-2)33-16(14-27)18(19)28/h6,16-21,28H,2,5,7-15H2,1,3-4H3,(H,27,29);5,15-20,27-28H,2,4,6-14H2,1,3H3,(H,26,29). The van der Waals surface area contributed by atoms with E-state index in [0.29, 0.717) is 19.3 Å². The van der Waals surface area contributed by atoms with Gasteiger partial charge in [-0.25, -0.2) is 0 Å². The molecule has 21 heteroatoms. The minimum atomic E-state index is -5.15. The van der Waals surface area contributed by atoms with Gasteiger partial charge in [0.2, 0.25) is 0 Å². The monoisotopic (exact) mass is 969 g/mol. The Hall–Kier alpha value is -2.44. The second-order valence-corrected chi connectivity index (χ2v) is 16.3. The van der Waals surface area contributed by atoms with E-state index < -0.39 is 92.1 Å². The number of nitrogens with one attached hydrogen (secondary N) is 2. The van der Waals surface area contributed by atoms with Crippen molar-refractivity contribution in [2.24, 2.45) is 0 Å². The number of amides is 2. The van der Waals surface area contributed by atoms with Gasteiger partial charge in [0.1, 0.15) is 42.6 Å². The van der Waals surface area contributed by atoms with Gasteiger partial charge < -0.3 is 63.8 Å². The van der Waals surface area contributed by atoms with Crippen LogP contribution in [0, 0.1) is 0 Å². The van der Waals surface area contributed by atoms with Gasteiger partial charge >= 0.3 is 24.2 Å². The van der Waals surface area contributed by atoms with E-state index in [1.807, 2.05) is 5.32 Å². The van der Waals surface area contributed by atoms with E-state index in [1.54, 1.807) is 26.5 Å². The molecule has 2 rings (SSSR count). The first kappa shape index (κ1) is 61.6. The van der Waals surface area contributed by atoms with Crippen LogP contribution in [-0.4, -0.2) is 160 Å². The molecule has 15 nitrogen and oxygen atoms in total. The van der Waals surface area contributed by atoms with Crippen LogP contribution in [0.15, 0.2) is 25.3 Å². The molecule has 66 heavy (non-hydrogen) atoms. The van der Waals surface area contributed by atoms with Gasteiger partial charge in [-0.1, -0.05) is 97.1 Å². The molecule has 5 N–H and O–H groups in total. The Bertz CT molecular complexity index is 1220. The van der Waals surface area contributed by atoms with Crippen LogP contribution in [-0.2, 0) is 47.5 Å². The molecule has 2 heterocycles. The summed E-state index contributed by atoms with van der Waals surface area (Å²) in [5.74, 6) is -4.37. The third kappa shape index (κ3) is 22.8. The number of ether oxygens (including phenoxy) is 8. The Morgan fingerprint density at radius 2 is 1.00 bits per heavy atom. The topological polar surface area (TPSA) is 193 Å². The smallest absolute Gasteiger partial charge is 0.394 e. The summed E-state index contributed by atoms with van der Waals surface area (Å²) in [7, 11) is 3.19. The Labute approximate surface area is 386 Å². The summed E-state index contributed by atoms with van der Waals surface area (Å²) in [5.41, 5.74) is 0. The highest BCUT2D eigenvalue weighted by atomic mass is 19.4. The van der Waals surface area contributed by atoms with Crippen LogP contribution in [0.1, 0.15) is 117 Å². The number of rotatable bonds is 32. The summed E-state index contributed by atoms with van der Waals surface area (Å²) in [6.07, 6.45) is -3.21. The number of methoxy groups -OCH3 is 2. The van der Waals surface area contributed by atoms with E-state index in [-0.39, 0.29) is 38.6 Å². The average molecular weight is 969 g/mol. The number of alkyl halides is 6. The number of carbonyl (C=O) groups excluding carboxylic acids is 2. The van der Waals surface area contributed by atoms with Crippen LogP contribution in [0.3, 0.4) is 0 Å². The molecule has 0 radical (unpaired) electrons. The van der Waals surface area contributed by atoms with E-state index in [1.165, 1.54) is 31.4 Å². The van der Waals surface area contributed by atoms with Gasteiger partial charge in [0, 0.05) is 27.4 Å². The lowest BCUT2D eigenvalue weighted by Crippen LogP contribution is -2.66. The molecule has 12 atom stereocenters. The van der Waals surface area contributed by atoms with Crippen molar-refractivity contribution in [2.75, 3.05) is 47.3 Å². The first-order valence-corrected chi connectivity index (χ1v) is 23.2. The summed E-state index contributed by atoms with van der Waals surface area (Å²) in [5, 5.41) is 34.5. The van der Waals surface area contributed by atoms with Crippen molar-refractivity contribution in [3.05, 3.63) is 25.3 Å². The average Bonchev–Trinajstić information content (AvgIpc) is 3.28. The van der Waals surface area contributed by atoms with Gasteiger partial charge in [0.25, 0.3) is 0 Å². The molecule has 0 spiro atoms. The van der Waals surface area contributed by atoms with Crippen molar-refractivity contribution in [2.45, 2.75) is 203 Å². The molecule has 0 aromatic heterocycles. The molecule has 0 aliphatic carbocycles. The quantitative estimate of drug-likeness (QED) is 0.0285. The highest BCUT2D eigenvalue weighted by molar-refractivity contribution is 5.82. The summed E-state index contributed by atoms with van der Waals surface area (Å²) in [4.78, 5) is 23.3. The van der Waals surface area contributed by atoms with Gasteiger partial charge in [-0.2, -0.15) is 26.3 Å². The number of halogens is 6. The second-order valence-electron chi connectivity index (χ2n) is 16.3. The fraction of sp³-hybridized carbons (Fsp3) is 0.867. The van der Waals surface area contributed by atoms with Crippen LogP contribution in [0.25, 0.3) is 0 Å². The minimum absolute atomic E-state index is 0.00785. The molecular weight excluding hydrogens is 890 g/mol. The number of aliphatic hydroxyl groups is 3. The molecule has 12 unspecified atom stereocenters. The van der Waals surface area contributed by atoms with Crippen molar-refractivity contribution in [3.63, 3.8) is 0 Å². The van der Waals surface area contributed by atoms with Crippen molar-refractivity contribution < 1.29 is 89.1 Å². The Morgan fingerprint density at radius 3 is 1.33 bits per heavy atom. The maximum atomic E-state index is 12.9. The number of aliphatic hydroxyl groups excluding tert-OH is 3. The largest absolute Gasteiger partial charge is 0.471 e. The third-order valence-electron chi connectivity index (χ3n) is 11.2. The lowest BCUT2D eigenvalue weighted by atomic mass is 9.94. The van der Waals surface area contributed by atoms with E-state index in [4.69, 9.17) is 37.9 Å². The zero-order valence-electron chi connectivity index (χ0n) is 39.3. The van der Waals surface area contributed by atoms with Crippen molar-refractivity contribution in [3.8, 4) is 0 Å². The van der Waals surface area contributed by atoms with E-state index in [2.05, 4.69) is 27.0 Å². The number of hydrogen-bond acceptors (Lipinski definition) is 13. The van der Waals surface area contributed by atoms with Crippen molar-refractivity contribution in [1.82, 2.24) is 10.6 Å². The second kappa shape index (κ2) is 34.0. The normalized spacial score (nSPS) is 26.7. The van der Waals surface area contributed by atoms with E-state index >= 15 is 0 Å². The van der Waals surface area contributed by atoms with E-state index in [9.17, 15) is 51.3 Å². The first-order valence-electron chi connectivity index (χ1n) is 23.2. The lowest BCUT2D eigenvalue weighted by Gasteiger charge is -2.44. The number of hydrogen-bond donors (Lipinski definition) is 5. The molecule has 2 aliphatic rings. The third-order valence-corrected chi connectivity index (χ3v) is 11.2. The van der Waals surface area contributed by atoms with Crippen molar-refractivity contribution >= 4 is 11.8 Å². The Kier molecular flexibility index (Phi) is 31.7. The van der Waals surface area contributed by atoms with Gasteiger partial charge in [0.05, 0.1) is 38.1 Å². The summed E-state index contributed by atoms with van der Waals surface area (Å²) in [6.45, 7) is 12.5. The molecule has 0 aromatic carbocycles.